The second-order valence-corrected chi connectivity index (χ2v) is 5.59. The van der Waals surface area contributed by atoms with E-state index in [0.717, 1.165) is 27.9 Å². The molecule has 0 unspecified atom stereocenters. The number of rotatable bonds is 4. The van der Waals surface area contributed by atoms with E-state index in [1.165, 1.54) is 0 Å². The Labute approximate surface area is 144 Å². The molecule has 4 aromatic rings. The van der Waals surface area contributed by atoms with E-state index in [1.54, 1.807) is 14.2 Å². The molecule has 0 fully saturated rings. The summed E-state index contributed by atoms with van der Waals surface area (Å²) in [6.45, 7) is 1.86. The van der Waals surface area contributed by atoms with Gasteiger partial charge in [-0.1, -0.05) is 12.1 Å². The summed E-state index contributed by atoms with van der Waals surface area (Å²) in [4.78, 5) is 9.05. The molecule has 126 valence electrons. The second kappa shape index (κ2) is 5.98. The number of nitrogens with one attached hydrogen (secondary N) is 1. The molecule has 0 saturated heterocycles. The zero-order valence-electron chi connectivity index (χ0n) is 14.2. The van der Waals surface area contributed by atoms with E-state index in [2.05, 4.69) is 15.3 Å². The second-order valence-electron chi connectivity index (χ2n) is 5.59. The maximum atomic E-state index is 5.98. The maximum absolute atomic E-state index is 5.98. The van der Waals surface area contributed by atoms with Crippen molar-refractivity contribution in [1.82, 2.24) is 9.97 Å². The Morgan fingerprint density at radius 1 is 1.00 bits per heavy atom. The fraction of sp³-hybridized carbons (Fsp3) is 0.158. The SMILES string of the molecule is COc1ccc(OC)c(Nc2nc(C)nc3c2oc2ccccc23)c1. The normalized spacial score (nSPS) is 11.0. The number of aryl methyl sites for hydroxylation is 1. The lowest BCUT2D eigenvalue weighted by atomic mass is 10.2. The number of anilines is 2. The van der Waals surface area contributed by atoms with Crippen LogP contribution in [0.5, 0.6) is 11.5 Å². The molecule has 0 amide bonds. The van der Waals surface area contributed by atoms with E-state index in [4.69, 9.17) is 13.9 Å². The summed E-state index contributed by atoms with van der Waals surface area (Å²) < 4.78 is 16.7. The van der Waals surface area contributed by atoms with Gasteiger partial charge in [-0.2, -0.15) is 0 Å². The van der Waals surface area contributed by atoms with Crippen molar-refractivity contribution in [2.45, 2.75) is 6.92 Å². The van der Waals surface area contributed by atoms with Crippen LogP contribution in [0.3, 0.4) is 0 Å². The third kappa shape index (κ3) is 2.61. The van der Waals surface area contributed by atoms with Crippen molar-refractivity contribution in [3.8, 4) is 11.5 Å². The van der Waals surface area contributed by atoms with E-state index >= 15 is 0 Å². The van der Waals surface area contributed by atoms with Crippen LogP contribution in [0.15, 0.2) is 46.9 Å². The van der Waals surface area contributed by atoms with Gasteiger partial charge < -0.3 is 19.2 Å². The largest absolute Gasteiger partial charge is 0.497 e. The highest BCUT2D eigenvalue weighted by molar-refractivity contribution is 6.06. The van der Waals surface area contributed by atoms with Crippen LogP contribution < -0.4 is 14.8 Å². The molecule has 4 rings (SSSR count). The molecule has 0 aliphatic rings. The van der Waals surface area contributed by atoms with Crippen LogP contribution in [-0.4, -0.2) is 24.2 Å². The molecular weight excluding hydrogens is 318 g/mol. The number of benzene rings is 2. The van der Waals surface area contributed by atoms with Crippen molar-refractivity contribution in [2.24, 2.45) is 0 Å². The standard InChI is InChI=1S/C19H17N3O3/c1-11-20-17-13-6-4-5-7-15(13)25-18(17)19(21-11)22-14-10-12(23-2)8-9-16(14)24-3/h4-10H,1-3H3,(H,20,21,22). The molecule has 2 aromatic carbocycles. The lowest BCUT2D eigenvalue weighted by molar-refractivity contribution is 0.405. The summed E-state index contributed by atoms with van der Waals surface area (Å²) in [5, 5.41) is 4.25. The van der Waals surface area contributed by atoms with Crippen LogP contribution in [0.25, 0.3) is 22.1 Å². The molecule has 0 radical (unpaired) electrons. The number of nitrogens with zero attached hydrogens (tertiary/aromatic N) is 2. The Morgan fingerprint density at radius 3 is 2.64 bits per heavy atom. The van der Waals surface area contributed by atoms with E-state index in [1.807, 2.05) is 49.4 Å². The summed E-state index contributed by atoms with van der Waals surface area (Å²) in [6.07, 6.45) is 0. The number of methoxy groups -OCH3 is 2. The Balaban J connectivity index is 1.90. The first-order chi connectivity index (χ1) is 12.2. The van der Waals surface area contributed by atoms with Crippen LogP contribution in [0.2, 0.25) is 0 Å². The minimum absolute atomic E-state index is 0.588. The molecule has 6 nitrogen and oxygen atoms in total. The summed E-state index contributed by atoms with van der Waals surface area (Å²) in [7, 11) is 3.24. The van der Waals surface area contributed by atoms with Crippen molar-refractivity contribution >= 4 is 33.6 Å². The van der Waals surface area contributed by atoms with Crippen molar-refractivity contribution < 1.29 is 13.9 Å². The van der Waals surface area contributed by atoms with Crippen molar-refractivity contribution in [1.29, 1.82) is 0 Å². The number of hydrogen-bond donors (Lipinski definition) is 1. The number of furan rings is 1. The zero-order valence-corrected chi connectivity index (χ0v) is 14.2. The highest BCUT2D eigenvalue weighted by Crippen LogP contribution is 2.36. The molecule has 0 bridgehead atoms. The number of fused-ring (bicyclic) bond motifs is 3. The third-order valence-electron chi connectivity index (χ3n) is 3.99. The quantitative estimate of drug-likeness (QED) is 0.594. The van der Waals surface area contributed by atoms with Gasteiger partial charge in [0.1, 0.15) is 28.4 Å². The van der Waals surface area contributed by atoms with Crippen LogP contribution in [0.1, 0.15) is 5.82 Å². The molecule has 0 aliphatic carbocycles. The predicted molar refractivity (Wildman–Crippen MR) is 96.9 cm³/mol. The van der Waals surface area contributed by atoms with Crippen LogP contribution >= 0.6 is 0 Å². The van der Waals surface area contributed by atoms with Crippen molar-refractivity contribution in [3.05, 3.63) is 48.3 Å². The minimum Gasteiger partial charge on any atom is -0.497 e. The van der Waals surface area contributed by atoms with E-state index in [9.17, 15) is 0 Å². The van der Waals surface area contributed by atoms with Gasteiger partial charge in [0.05, 0.1) is 19.9 Å². The average molecular weight is 335 g/mol. The van der Waals surface area contributed by atoms with Crippen LogP contribution in [0, 0.1) is 6.92 Å². The maximum Gasteiger partial charge on any atom is 0.196 e. The highest BCUT2D eigenvalue weighted by atomic mass is 16.5. The molecule has 0 aliphatic heterocycles. The first-order valence-electron chi connectivity index (χ1n) is 7.84. The number of hydrogen-bond acceptors (Lipinski definition) is 6. The molecule has 0 atom stereocenters. The molecule has 2 aromatic heterocycles. The van der Waals surface area contributed by atoms with Crippen LogP contribution in [-0.2, 0) is 0 Å². The first-order valence-corrected chi connectivity index (χ1v) is 7.84. The number of ether oxygens (including phenoxy) is 2. The summed E-state index contributed by atoms with van der Waals surface area (Å²) >= 11 is 0. The first kappa shape index (κ1) is 15.3. The summed E-state index contributed by atoms with van der Waals surface area (Å²) in [5.41, 5.74) is 2.91. The predicted octanol–water partition coefficient (Wildman–Crippen LogP) is 4.45. The Hall–Kier alpha value is -3.28. The van der Waals surface area contributed by atoms with E-state index in [-0.39, 0.29) is 0 Å². The molecule has 2 heterocycles. The van der Waals surface area contributed by atoms with Gasteiger partial charge in [0.2, 0.25) is 0 Å². The fourth-order valence-electron chi connectivity index (χ4n) is 2.83. The van der Waals surface area contributed by atoms with Crippen molar-refractivity contribution in [3.63, 3.8) is 0 Å². The average Bonchev–Trinajstić information content (AvgIpc) is 3.00. The van der Waals surface area contributed by atoms with Crippen LogP contribution in [0.4, 0.5) is 11.5 Å². The topological polar surface area (TPSA) is 69.4 Å². The third-order valence-corrected chi connectivity index (χ3v) is 3.99. The zero-order chi connectivity index (χ0) is 17.4. The molecule has 6 heteroatoms. The lowest BCUT2D eigenvalue weighted by Gasteiger charge is -2.12. The van der Waals surface area contributed by atoms with Crippen molar-refractivity contribution in [2.75, 3.05) is 19.5 Å². The molecule has 1 N–H and O–H groups in total. The van der Waals surface area contributed by atoms with E-state index in [0.29, 0.717) is 23.0 Å². The summed E-state index contributed by atoms with van der Waals surface area (Å²) in [6, 6.07) is 13.3. The monoisotopic (exact) mass is 335 g/mol. The highest BCUT2D eigenvalue weighted by Gasteiger charge is 2.16. The Morgan fingerprint density at radius 2 is 1.84 bits per heavy atom. The van der Waals surface area contributed by atoms with Gasteiger partial charge in [-0.15, -0.1) is 0 Å². The van der Waals surface area contributed by atoms with Gasteiger partial charge in [0.25, 0.3) is 0 Å². The Kier molecular flexibility index (Phi) is 3.65. The van der Waals surface area contributed by atoms with Gasteiger partial charge in [-0.3, -0.25) is 0 Å². The van der Waals surface area contributed by atoms with Gasteiger partial charge in [-0.05, 0) is 31.2 Å². The van der Waals surface area contributed by atoms with Gasteiger partial charge in [-0.25, -0.2) is 9.97 Å². The van der Waals surface area contributed by atoms with Gasteiger partial charge in [0, 0.05) is 11.5 Å². The minimum atomic E-state index is 0.588. The molecule has 0 saturated carbocycles. The number of aromatic nitrogens is 2. The van der Waals surface area contributed by atoms with Gasteiger partial charge in [0.15, 0.2) is 11.4 Å². The fourth-order valence-corrected chi connectivity index (χ4v) is 2.83. The summed E-state index contributed by atoms with van der Waals surface area (Å²) in [5.74, 6) is 2.64. The van der Waals surface area contributed by atoms with Gasteiger partial charge >= 0.3 is 0 Å². The molecule has 25 heavy (non-hydrogen) atoms. The lowest BCUT2D eigenvalue weighted by Crippen LogP contribution is -2.00. The molecule has 0 spiro atoms. The Bertz CT molecular complexity index is 1070. The smallest absolute Gasteiger partial charge is 0.196 e. The van der Waals surface area contributed by atoms with E-state index < -0.39 is 0 Å². The molecular formula is C19H17N3O3. The number of para-hydroxylation sites is 1.